The van der Waals surface area contributed by atoms with Crippen LogP contribution in [0.5, 0.6) is 0 Å². The number of sulfone groups is 1. The van der Waals surface area contributed by atoms with Gasteiger partial charge >= 0.3 is 0 Å². The van der Waals surface area contributed by atoms with E-state index in [9.17, 15) is 8.42 Å². The fourth-order valence-electron chi connectivity index (χ4n) is 4.92. The summed E-state index contributed by atoms with van der Waals surface area (Å²) >= 11 is 0. The van der Waals surface area contributed by atoms with Crippen LogP contribution in [0.3, 0.4) is 0 Å². The standard InChI is InChI=1S/C26H30N4O4S/c1-17(2)30-13-11-18-15-19(9-10-24(18)30)26-28-25(29-34-26)22-7-3-6-21-20(22)5-4-8-23(21)27-12-14-35(32,33)16-31/h3,6-7,9-11,13,15,17,23,27,31H,4-5,8,12,14,16H2,1-2H3. The molecule has 0 bridgehead atoms. The van der Waals surface area contributed by atoms with E-state index in [0.29, 0.717) is 24.3 Å². The van der Waals surface area contributed by atoms with Crippen LogP contribution >= 0.6 is 0 Å². The normalized spacial score (nSPS) is 16.2. The molecule has 2 heterocycles. The molecule has 2 aromatic heterocycles. The molecule has 2 N–H and O–H groups in total. The fourth-order valence-corrected chi connectivity index (χ4v) is 5.48. The summed E-state index contributed by atoms with van der Waals surface area (Å²) in [6.07, 6.45) is 4.89. The second kappa shape index (κ2) is 9.56. The zero-order valence-corrected chi connectivity index (χ0v) is 20.8. The van der Waals surface area contributed by atoms with Gasteiger partial charge in [-0.15, -0.1) is 0 Å². The maximum Gasteiger partial charge on any atom is 0.258 e. The Labute approximate surface area is 204 Å². The van der Waals surface area contributed by atoms with Crippen molar-refractivity contribution < 1.29 is 18.0 Å². The lowest BCUT2D eigenvalue weighted by Gasteiger charge is -2.27. The van der Waals surface area contributed by atoms with Crippen molar-refractivity contribution in [2.45, 2.75) is 45.2 Å². The number of aliphatic hydroxyl groups excluding tert-OH is 1. The van der Waals surface area contributed by atoms with Gasteiger partial charge in [0, 0.05) is 46.9 Å². The number of nitrogens with zero attached hydrogens (tertiary/aromatic N) is 3. The first-order valence-electron chi connectivity index (χ1n) is 12.0. The van der Waals surface area contributed by atoms with E-state index in [4.69, 9.17) is 14.6 Å². The third-order valence-electron chi connectivity index (χ3n) is 6.70. The summed E-state index contributed by atoms with van der Waals surface area (Å²) in [4.78, 5) is 4.73. The summed E-state index contributed by atoms with van der Waals surface area (Å²) < 4.78 is 31.2. The van der Waals surface area contributed by atoms with Gasteiger partial charge in [0.2, 0.25) is 5.82 Å². The molecule has 0 radical (unpaired) electrons. The van der Waals surface area contributed by atoms with E-state index in [-0.39, 0.29) is 11.8 Å². The van der Waals surface area contributed by atoms with Gasteiger partial charge < -0.3 is 19.5 Å². The molecule has 0 spiro atoms. The van der Waals surface area contributed by atoms with Crippen LogP contribution in [0.15, 0.2) is 53.2 Å². The maximum atomic E-state index is 11.6. The largest absolute Gasteiger partial charge is 0.380 e. The Kier molecular flexibility index (Phi) is 6.48. The Bertz CT molecular complexity index is 1460. The second-order valence-corrected chi connectivity index (χ2v) is 11.5. The van der Waals surface area contributed by atoms with Gasteiger partial charge in [0.05, 0.1) is 5.75 Å². The summed E-state index contributed by atoms with van der Waals surface area (Å²) in [6.45, 7) is 4.62. The van der Waals surface area contributed by atoms with Crippen LogP contribution < -0.4 is 5.32 Å². The Morgan fingerprint density at radius 3 is 2.89 bits per heavy atom. The lowest BCUT2D eigenvalue weighted by Crippen LogP contribution is -2.30. The Morgan fingerprint density at radius 1 is 1.23 bits per heavy atom. The molecular weight excluding hydrogens is 464 g/mol. The van der Waals surface area contributed by atoms with E-state index in [0.717, 1.165) is 46.9 Å². The lowest BCUT2D eigenvalue weighted by atomic mass is 9.84. The van der Waals surface area contributed by atoms with Crippen molar-refractivity contribution >= 4 is 20.7 Å². The molecule has 1 unspecified atom stereocenters. The lowest BCUT2D eigenvalue weighted by molar-refractivity contribution is 0.358. The Hall–Kier alpha value is -3.01. The Balaban J connectivity index is 1.40. The van der Waals surface area contributed by atoms with Gasteiger partial charge in [-0.25, -0.2) is 8.42 Å². The van der Waals surface area contributed by atoms with Crippen LogP contribution in [0, 0.1) is 0 Å². The predicted octanol–water partition coefficient (Wildman–Crippen LogP) is 4.27. The van der Waals surface area contributed by atoms with Crippen molar-refractivity contribution in [2.75, 3.05) is 18.2 Å². The van der Waals surface area contributed by atoms with Gasteiger partial charge in [0.25, 0.3) is 5.89 Å². The van der Waals surface area contributed by atoms with Crippen molar-refractivity contribution in [1.29, 1.82) is 0 Å². The van der Waals surface area contributed by atoms with Crippen molar-refractivity contribution in [3.05, 3.63) is 59.8 Å². The monoisotopic (exact) mass is 494 g/mol. The second-order valence-electron chi connectivity index (χ2n) is 9.36. The SMILES string of the molecule is CC(C)n1ccc2cc(-c3nc(-c4cccc5c4CCCC5NCCS(=O)(=O)CO)no3)ccc21. The third kappa shape index (κ3) is 4.76. The van der Waals surface area contributed by atoms with Crippen molar-refractivity contribution in [2.24, 2.45) is 0 Å². The number of aromatic nitrogens is 3. The molecule has 1 atom stereocenters. The van der Waals surface area contributed by atoms with Crippen LogP contribution in [0.4, 0.5) is 0 Å². The summed E-state index contributed by atoms with van der Waals surface area (Å²) in [7, 11) is -3.43. The van der Waals surface area contributed by atoms with Crippen molar-refractivity contribution in [1.82, 2.24) is 20.0 Å². The molecule has 5 rings (SSSR count). The minimum Gasteiger partial charge on any atom is -0.380 e. The molecular formula is C26H30N4O4S. The number of hydrogen-bond donors (Lipinski definition) is 2. The highest BCUT2D eigenvalue weighted by molar-refractivity contribution is 7.91. The molecule has 2 aromatic carbocycles. The molecule has 1 aliphatic carbocycles. The van der Waals surface area contributed by atoms with Gasteiger partial charge in [-0.1, -0.05) is 23.4 Å². The quantitative estimate of drug-likeness (QED) is 0.376. The highest BCUT2D eigenvalue weighted by Gasteiger charge is 2.25. The molecule has 0 aliphatic heterocycles. The Morgan fingerprint density at radius 2 is 2.09 bits per heavy atom. The predicted molar refractivity (Wildman–Crippen MR) is 136 cm³/mol. The molecule has 0 amide bonds. The molecule has 35 heavy (non-hydrogen) atoms. The zero-order valence-electron chi connectivity index (χ0n) is 19.9. The first-order valence-corrected chi connectivity index (χ1v) is 13.8. The number of nitrogens with one attached hydrogen (secondary N) is 1. The first-order chi connectivity index (χ1) is 16.9. The average molecular weight is 495 g/mol. The summed E-state index contributed by atoms with van der Waals surface area (Å²) in [5.74, 6) is 0.127. The molecule has 9 heteroatoms. The fraction of sp³-hybridized carbons (Fsp3) is 0.385. The van der Waals surface area contributed by atoms with Crippen molar-refractivity contribution in [3.63, 3.8) is 0 Å². The van der Waals surface area contributed by atoms with E-state index < -0.39 is 15.8 Å². The van der Waals surface area contributed by atoms with Crippen LogP contribution in [0.25, 0.3) is 33.7 Å². The maximum absolute atomic E-state index is 11.6. The van der Waals surface area contributed by atoms with E-state index in [1.165, 1.54) is 5.52 Å². The topological polar surface area (TPSA) is 110 Å². The molecule has 8 nitrogen and oxygen atoms in total. The number of rotatable bonds is 8. The van der Waals surface area contributed by atoms with Gasteiger partial charge in [-0.05, 0) is 68.5 Å². The molecule has 184 valence electrons. The molecule has 0 fully saturated rings. The minimum absolute atomic E-state index is 0.0476. The van der Waals surface area contributed by atoms with E-state index >= 15 is 0 Å². The number of hydrogen-bond acceptors (Lipinski definition) is 7. The molecule has 0 saturated heterocycles. The van der Waals surface area contributed by atoms with Crippen LogP contribution in [-0.2, 0) is 16.3 Å². The molecule has 1 aliphatic rings. The van der Waals surface area contributed by atoms with Gasteiger partial charge in [-0.3, -0.25) is 0 Å². The number of aliphatic hydroxyl groups is 1. The zero-order chi connectivity index (χ0) is 24.6. The minimum atomic E-state index is -3.43. The van der Waals surface area contributed by atoms with Crippen LogP contribution in [0.1, 0.15) is 49.9 Å². The van der Waals surface area contributed by atoms with E-state index in [1.54, 1.807) is 0 Å². The highest BCUT2D eigenvalue weighted by Crippen LogP contribution is 2.36. The van der Waals surface area contributed by atoms with E-state index in [1.807, 2.05) is 18.2 Å². The third-order valence-corrected chi connectivity index (χ3v) is 7.92. The number of fused-ring (bicyclic) bond motifs is 2. The van der Waals surface area contributed by atoms with E-state index in [2.05, 4.69) is 59.4 Å². The average Bonchev–Trinajstić information content (AvgIpc) is 3.51. The van der Waals surface area contributed by atoms with Gasteiger partial charge in [0.15, 0.2) is 9.84 Å². The summed E-state index contributed by atoms with van der Waals surface area (Å²) in [5, 5.41) is 17.7. The smallest absolute Gasteiger partial charge is 0.258 e. The van der Waals surface area contributed by atoms with Crippen molar-refractivity contribution in [3.8, 4) is 22.8 Å². The van der Waals surface area contributed by atoms with Gasteiger partial charge in [-0.2, -0.15) is 4.98 Å². The molecule has 4 aromatic rings. The van der Waals surface area contributed by atoms with Crippen LogP contribution in [-0.4, -0.2) is 46.5 Å². The molecule has 0 saturated carbocycles. The highest BCUT2D eigenvalue weighted by atomic mass is 32.2. The summed E-state index contributed by atoms with van der Waals surface area (Å²) in [6, 6.07) is 14.8. The first kappa shape index (κ1) is 23.7. The summed E-state index contributed by atoms with van der Waals surface area (Å²) in [5.41, 5.74) is 5.30. The number of benzene rings is 2. The van der Waals surface area contributed by atoms with Gasteiger partial charge in [0.1, 0.15) is 5.94 Å². The van der Waals surface area contributed by atoms with Crippen LogP contribution in [0.2, 0.25) is 0 Å².